The minimum atomic E-state index is -0.225. The predicted octanol–water partition coefficient (Wildman–Crippen LogP) is 1.07. The van der Waals surface area contributed by atoms with Crippen molar-refractivity contribution in [3.05, 3.63) is 23.8 Å². The van der Waals surface area contributed by atoms with Crippen molar-refractivity contribution in [1.82, 2.24) is 5.32 Å². The summed E-state index contributed by atoms with van der Waals surface area (Å²) in [5.41, 5.74) is 6.13. The van der Waals surface area contributed by atoms with E-state index in [2.05, 4.69) is 5.32 Å². The van der Waals surface area contributed by atoms with Gasteiger partial charge in [0.2, 0.25) is 5.91 Å². The van der Waals surface area contributed by atoms with E-state index in [4.69, 9.17) is 11.1 Å². The molecule has 16 heavy (non-hydrogen) atoms. The molecule has 0 aliphatic heterocycles. The second-order valence-electron chi connectivity index (χ2n) is 3.79. The third kappa shape index (κ3) is 2.73. The first kappa shape index (κ1) is 12.0. The number of amidine groups is 1. The first-order chi connectivity index (χ1) is 7.41. The molecule has 0 bridgehead atoms. The van der Waals surface area contributed by atoms with Gasteiger partial charge in [-0.3, -0.25) is 10.2 Å². The summed E-state index contributed by atoms with van der Waals surface area (Å²) in [5, 5.41) is 19.3. The summed E-state index contributed by atoms with van der Waals surface area (Å²) in [6.45, 7) is 3.49. The lowest BCUT2D eigenvalue weighted by atomic mass is 10.1. The molecule has 0 aliphatic rings. The summed E-state index contributed by atoms with van der Waals surface area (Å²) in [7, 11) is 0. The Labute approximate surface area is 93.8 Å². The van der Waals surface area contributed by atoms with Crippen LogP contribution >= 0.6 is 0 Å². The molecule has 0 radical (unpaired) electrons. The van der Waals surface area contributed by atoms with E-state index in [-0.39, 0.29) is 29.1 Å². The Morgan fingerprint density at radius 2 is 2.12 bits per heavy atom. The molecule has 1 aromatic rings. The summed E-state index contributed by atoms with van der Waals surface area (Å²) < 4.78 is 0. The van der Waals surface area contributed by atoms with Crippen LogP contribution in [0.5, 0.6) is 5.75 Å². The molecule has 1 rings (SSSR count). The SMILES string of the molecule is CC(C)C(=O)NC(=N)c1ccc(O)c(N)c1. The number of amides is 1. The van der Waals surface area contributed by atoms with Crippen LogP contribution in [0.3, 0.4) is 0 Å². The van der Waals surface area contributed by atoms with E-state index >= 15 is 0 Å². The van der Waals surface area contributed by atoms with Crippen LogP contribution < -0.4 is 11.1 Å². The predicted molar refractivity (Wildman–Crippen MR) is 62.3 cm³/mol. The smallest absolute Gasteiger partial charge is 0.228 e. The fourth-order valence-electron chi connectivity index (χ4n) is 1.05. The van der Waals surface area contributed by atoms with E-state index < -0.39 is 0 Å². The molecule has 0 fully saturated rings. The van der Waals surface area contributed by atoms with Crippen LogP contribution in [-0.2, 0) is 4.79 Å². The molecular formula is C11H15N3O2. The number of nitrogens with two attached hydrogens (primary N) is 1. The Morgan fingerprint density at radius 1 is 1.50 bits per heavy atom. The largest absolute Gasteiger partial charge is 0.506 e. The van der Waals surface area contributed by atoms with Crippen molar-refractivity contribution in [3.8, 4) is 5.75 Å². The van der Waals surface area contributed by atoms with E-state index in [1.54, 1.807) is 13.8 Å². The topological polar surface area (TPSA) is 99.2 Å². The quantitative estimate of drug-likeness (QED) is 0.260. The van der Waals surface area contributed by atoms with Crippen molar-refractivity contribution in [2.24, 2.45) is 5.92 Å². The number of hydrogen-bond donors (Lipinski definition) is 4. The van der Waals surface area contributed by atoms with Crippen molar-refractivity contribution < 1.29 is 9.90 Å². The number of hydrogen-bond acceptors (Lipinski definition) is 4. The number of nitrogens with one attached hydrogen (secondary N) is 2. The molecule has 5 heteroatoms. The third-order valence-electron chi connectivity index (χ3n) is 2.09. The minimum absolute atomic E-state index is 0.0228. The fraction of sp³-hybridized carbons (Fsp3) is 0.273. The zero-order chi connectivity index (χ0) is 12.3. The third-order valence-corrected chi connectivity index (χ3v) is 2.09. The first-order valence-electron chi connectivity index (χ1n) is 4.90. The number of aromatic hydroxyl groups is 1. The van der Waals surface area contributed by atoms with Gasteiger partial charge in [-0.1, -0.05) is 13.8 Å². The maximum absolute atomic E-state index is 11.3. The summed E-state index contributed by atoms with van der Waals surface area (Å²) in [6, 6.07) is 4.35. The van der Waals surface area contributed by atoms with Gasteiger partial charge in [0.05, 0.1) is 5.69 Å². The number of anilines is 1. The van der Waals surface area contributed by atoms with Gasteiger partial charge in [0.25, 0.3) is 0 Å². The summed E-state index contributed by atoms with van der Waals surface area (Å²) in [4.78, 5) is 11.3. The molecule has 0 saturated heterocycles. The van der Waals surface area contributed by atoms with Crippen LogP contribution in [0.2, 0.25) is 0 Å². The second kappa shape index (κ2) is 4.65. The van der Waals surface area contributed by atoms with Crippen LogP contribution in [0.4, 0.5) is 5.69 Å². The lowest BCUT2D eigenvalue weighted by molar-refractivity contribution is -0.122. The van der Waals surface area contributed by atoms with Gasteiger partial charge in [-0.2, -0.15) is 0 Å². The van der Waals surface area contributed by atoms with Crippen molar-refractivity contribution >= 4 is 17.4 Å². The van der Waals surface area contributed by atoms with E-state index in [0.717, 1.165) is 0 Å². The first-order valence-corrected chi connectivity index (χ1v) is 4.90. The Balaban J connectivity index is 2.81. The van der Waals surface area contributed by atoms with Gasteiger partial charge in [0, 0.05) is 11.5 Å². The lowest BCUT2D eigenvalue weighted by Gasteiger charge is -2.09. The molecule has 5 N–H and O–H groups in total. The van der Waals surface area contributed by atoms with Crippen LogP contribution in [-0.4, -0.2) is 16.8 Å². The van der Waals surface area contributed by atoms with Crippen LogP contribution in [0.1, 0.15) is 19.4 Å². The van der Waals surface area contributed by atoms with Gasteiger partial charge in [0.1, 0.15) is 11.6 Å². The Hall–Kier alpha value is -2.04. The van der Waals surface area contributed by atoms with E-state index in [1.165, 1.54) is 18.2 Å². The molecule has 86 valence electrons. The Bertz CT molecular complexity index is 427. The normalized spacial score (nSPS) is 10.2. The Morgan fingerprint density at radius 3 is 2.62 bits per heavy atom. The monoisotopic (exact) mass is 221 g/mol. The fourth-order valence-corrected chi connectivity index (χ4v) is 1.05. The van der Waals surface area contributed by atoms with Gasteiger partial charge in [-0.25, -0.2) is 0 Å². The number of carbonyl (C=O) groups is 1. The maximum Gasteiger partial charge on any atom is 0.228 e. The van der Waals surface area contributed by atoms with Crippen LogP contribution in [0.25, 0.3) is 0 Å². The minimum Gasteiger partial charge on any atom is -0.506 e. The number of nitrogen functional groups attached to an aromatic ring is 1. The molecule has 0 atom stereocenters. The molecule has 1 aromatic carbocycles. The molecule has 0 aromatic heterocycles. The summed E-state index contributed by atoms with van der Waals surface area (Å²) in [5.74, 6) is -0.469. The highest BCUT2D eigenvalue weighted by Gasteiger charge is 2.11. The van der Waals surface area contributed by atoms with E-state index in [9.17, 15) is 9.90 Å². The number of carbonyl (C=O) groups excluding carboxylic acids is 1. The summed E-state index contributed by atoms with van der Waals surface area (Å²) >= 11 is 0. The lowest BCUT2D eigenvalue weighted by Crippen LogP contribution is -2.33. The van der Waals surface area contributed by atoms with Gasteiger partial charge in [0.15, 0.2) is 0 Å². The van der Waals surface area contributed by atoms with Gasteiger partial charge >= 0.3 is 0 Å². The molecule has 1 amide bonds. The number of rotatable bonds is 2. The zero-order valence-corrected chi connectivity index (χ0v) is 9.24. The molecular weight excluding hydrogens is 206 g/mol. The highest BCUT2D eigenvalue weighted by molar-refractivity contribution is 6.07. The van der Waals surface area contributed by atoms with Gasteiger partial charge in [-0.05, 0) is 18.2 Å². The maximum atomic E-state index is 11.3. The second-order valence-corrected chi connectivity index (χ2v) is 3.79. The van der Waals surface area contributed by atoms with Gasteiger partial charge in [-0.15, -0.1) is 0 Å². The number of phenols is 1. The average Bonchev–Trinajstić information content (AvgIpc) is 2.21. The van der Waals surface area contributed by atoms with E-state index in [0.29, 0.717) is 5.56 Å². The zero-order valence-electron chi connectivity index (χ0n) is 9.24. The molecule has 0 unspecified atom stereocenters. The van der Waals surface area contributed by atoms with Crippen molar-refractivity contribution in [2.75, 3.05) is 5.73 Å². The number of phenolic OH excluding ortho intramolecular Hbond substituents is 1. The Kier molecular flexibility index (Phi) is 3.50. The average molecular weight is 221 g/mol. The highest BCUT2D eigenvalue weighted by Crippen LogP contribution is 2.20. The molecule has 0 spiro atoms. The molecule has 0 saturated carbocycles. The summed E-state index contributed by atoms with van der Waals surface area (Å²) in [6.07, 6.45) is 0. The van der Waals surface area contributed by atoms with Crippen LogP contribution in [0.15, 0.2) is 18.2 Å². The molecule has 0 heterocycles. The molecule has 5 nitrogen and oxygen atoms in total. The van der Waals surface area contributed by atoms with Crippen molar-refractivity contribution in [2.45, 2.75) is 13.8 Å². The highest BCUT2D eigenvalue weighted by atomic mass is 16.3. The van der Waals surface area contributed by atoms with Gasteiger partial charge < -0.3 is 16.2 Å². The number of benzene rings is 1. The van der Waals surface area contributed by atoms with Crippen molar-refractivity contribution in [3.63, 3.8) is 0 Å². The standard InChI is InChI=1S/C11H15N3O2/c1-6(2)11(16)14-10(13)7-3-4-9(15)8(12)5-7/h3-6,15H,12H2,1-2H3,(H2,13,14,16). The van der Waals surface area contributed by atoms with Crippen molar-refractivity contribution in [1.29, 1.82) is 5.41 Å². The molecule has 0 aliphatic carbocycles. The van der Waals surface area contributed by atoms with E-state index in [1.807, 2.05) is 0 Å². The van der Waals surface area contributed by atoms with Crippen LogP contribution in [0, 0.1) is 11.3 Å².